The summed E-state index contributed by atoms with van der Waals surface area (Å²) in [5.41, 5.74) is 2.35. The molecule has 0 aromatic heterocycles. The van der Waals surface area contributed by atoms with E-state index < -0.39 is 5.41 Å². The molecule has 0 unspecified atom stereocenters. The number of hydroxylamine groups is 1. The van der Waals surface area contributed by atoms with Gasteiger partial charge >= 0.3 is 5.97 Å². The highest BCUT2D eigenvalue weighted by molar-refractivity contribution is 5.75. The van der Waals surface area contributed by atoms with Gasteiger partial charge in [0.1, 0.15) is 0 Å². The molecular weight excluding hydrogens is 192 g/mol. The summed E-state index contributed by atoms with van der Waals surface area (Å²) in [5.74, 6) is 0.426. The molecule has 1 aliphatic rings. The number of piperidine rings is 1. The molecule has 0 spiro atoms. The summed E-state index contributed by atoms with van der Waals surface area (Å²) < 4.78 is 0. The van der Waals surface area contributed by atoms with E-state index in [1.54, 1.807) is 0 Å². The average molecular weight is 214 g/mol. The van der Waals surface area contributed by atoms with Gasteiger partial charge in [0.2, 0.25) is 0 Å². The maximum atomic E-state index is 11.4. The minimum absolute atomic E-state index is 0.198. The summed E-state index contributed by atoms with van der Waals surface area (Å²) in [6.45, 7) is 8.45. The SMILES string of the molecule is CC(C)(C)C(=O)ONCC1CCNCC1. The van der Waals surface area contributed by atoms with E-state index in [1.165, 1.54) is 0 Å². The second kappa shape index (κ2) is 5.47. The first-order valence-electron chi connectivity index (χ1n) is 5.65. The lowest BCUT2D eigenvalue weighted by molar-refractivity contribution is -0.161. The van der Waals surface area contributed by atoms with E-state index in [-0.39, 0.29) is 5.97 Å². The highest BCUT2D eigenvalue weighted by Crippen LogP contribution is 2.15. The van der Waals surface area contributed by atoms with Crippen LogP contribution in [0.2, 0.25) is 0 Å². The van der Waals surface area contributed by atoms with E-state index in [0.717, 1.165) is 32.5 Å². The first-order chi connectivity index (χ1) is 7.00. The number of carbonyl (C=O) groups is 1. The first-order valence-corrected chi connectivity index (χ1v) is 5.65. The van der Waals surface area contributed by atoms with E-state index in [2.05, 4.69) is 10.8 Å². The summed E-state index contributed by atoms with van der Waals surface area (Å²) in [4.78, 5) is 16.4. The third-order valence-corrected chi connectivity index (χ3v) is 2.61. The monoisotopic (exact) mass is 214 g/mol. The van der Waals surface area contributed by atoms with Gasteiger partial charge in [-0.15, -0.1) is 0 Å². The summed E-state index contributed by atoms with van der Waals surface area (Å²) >= 11 is 0. The van der Waals surface area contributed by atoms with Gasteiger partial charge in [0.25, 0.3) is 0 Å². The summed E-state index contributed by atoms with van der Waals surface area (Å²) in [6, 6.07) is 0. The molecule has 0 aromatic carbocycles. The van der Waals surface area contributed by atoms with Crippen molar-refractivity contribution < 1.29 is 9.63 Å². The third kappa shape index (κ3) is 4.62. The van der Waals surface area contributed by atoms with Crippen LogP contribution in [0, 0.1) is 11.3 Å². The quantitative estimate of drug-likeness (QED) is 0.690. The third-order valence-electron chi connectivity index (χ3n) is 2.61. The molecule has 15 heavy (non-hydrogen) atoms. The van der Waals surface area contributed by atoms with Gasteiger partial charge in [0, 0.05) is 6.54 Å². The van der Waals surface area contributed by atoms with Crippen molar-refractivity contribution >= 4 is 5.97 Å². The molecule has 4 heteroatoms. The number of rotatable bonds is 3. The van der Waals surface area contributed by atoms with Crippen LogP contribution in [0.25, 0.3) is 0 Å². The van der Waals surface area contributed by atoms with Gasteiger partial charge in [0.15, 0.2) is 0 Å². The summed E-state index contributed by atoms with van der Waals surface area (Å²) in [7, 11) is 0. The molecule has 2 N–H and O–H groups in total. The lowest BCUT2D eigenvalue weighted by Crippen LogP contribution is -2.36. The van der Waals surface area contributed by atoms with Crippen LogP contribution in [0.5, 0.6) is 0 Å². The lowest BCUT2D eigenvalue weighted by Gasteiger charge is -2.23. The standard InChI is InChI=1S/C11H22N2O2/c1-11(2,3)10(14)15-13-8-9-4-6-12-7-5-9/h9,12-13H,4-8H2,1-3H3. The van der Waals surface area contributed by atoms with Crippen LogP contribution < -0.4 is 10.8 Å². The van der Waals surface area contributed by atoms with E-state index in [1.807, 2.05) is 20.8 Å². The minimum Gasteiger partial charge on any atom is -0.370 e. The number of nitrogens with one attached hydrogen (secondary N) is 2. The molecule has 0 bridgehead atoms. The maximum Gasteiger partial charge on any atom is 0.329 e. The highest BCUT2D eigenvalue weighted by atomic mass is 16.7. The van der Waals surface area contributed by atoms with Crippen LogP contribution in [-0.4, -0.2) is 25.6 Å². The summed E-state index contributed by atoms with van der Waals surface area (Å²) in [6.07, 6.45) is 2.31. The van der Waals surface area contributed by atoms with Gasteiger partial charge in [-0.2, -0.15) is 5.48 Å². The highest BCUT2D eigenvalue weighted by Gasteiger charge is 2.23. The maximum absolute atomic E-state index is 11.4. The predicted octanol–water partition coefficient (Wildman–Crippen LogP) is 1.08. The van der Waals surface area contributed by atoms with Crippen molar-refractivity contribution in [1.82, 2.24) is 10.8 Å². The molecule has 0 amide bonds. The molecule has 1 heterocycles. The van der Waals surface area contributed by atoms with Crippen LogP contribution in [0.1, 0.15) is 33.6 Å². The lowest BCUT2D eigenvalue weighted by atomic mass is 9.97. The van der Waals surface area contributed by atoms with Crippen molar-refractivity contribution in [2.75, 3.05) is 19.6 Å². The molecule has 0 aromatic rings. The molecular formula is C11H22N2O2. The van der Waals surface area contributed by atoms with Gasteiger partial charge in [-0.1, -0.05) is 0 Å². The molecule has 88 valence electrons. The van der Waals surface area contributed by atoms with Crippen LogP contribution in [-0.2, 0) is 9.63 Å². The van der Waals surface area contributed by atoms with Crippen LogP contribution in [0.4, 0.5) is 0 Å². The number of carbonyl (C=O) groups excluding carboxylic acids is 1. The summed E-state index contributed by atoms with van der Waals surface area (Å²) in [5, 5.41) is 3.30. The van der Waals surface area contributed by atoms with Gasteiger partial charge in [-0.05, 0) is 52.6 Å². The van der Waals surface area contributed by atoms with Gasteiger partial charge in [-0.25, -0.2) is 4.79 Å². The Morgan fingerprint density at radius 2 is 2.00 bits per heavy atom. The van der Waals surface area contributed by atoms with Gasteiger partial charge in [-0.3, -0.25) is 0 Å². The molecule has 4 nitrogen and oxygen atoms in total. The average Bonchev–Trinajstić information content (AvgIpc) is 2.18. The minimum atomic E-state index is -0.429. The Hall–Kier alpha value is -0.610. The second-order valence-electron chi connectivity index (χ2n) is 5.18. The van der Waals surface area contributed by atoms with E-state index in [4.69, 9.17) is 4.84 Å². The Balaban J connectivity index is 2.12. The normalized spacial score (nSPS) is 18.9. The number of hydrogen-bond donors (Lipinski definition) is 2. The molecule has 1 fully saturated rings. The number of hydrogen-bond acceptors (Lipinski definition) is 4. The second-order valence-corrected chi connectivity index (χ2v) is 5.18. The largest absolute Gasteiger partial charge is 0.370 e. The molecule has 1 saturated heterocycles. The Morgan fingerprint density at radius 3 is 2.53 bits per heavy atom. The first kappa shape index (κ1) is 12.5. The zero-order chi connectivity index (χ0) is 11.3. The Labute approximate surface area is 91.7 Å². The van der Waals surface area contributed by atoms with Crippen molar-refractivity contribution in [1.29, 1.82) is 0 Å². The van der Waals surface area contributed by atoms with E-state index in [0.29, 0.717) is 5.92 Å². The van der Waals surface area contributed by atoms with E-state index in [9.17, 15) is 4.79 Å². The van der Waals surface area contributed by atoms with E-state index >= 15 is 0 Å². The Kier molecular flexibility index (Phi) is 4.54. The topological polar surface area (TPSA) is 50.4 Å². The van der Waals surface area contributed by atoms with Crippen LogP contribution >= 0.6 is 0 Å². The molecule has 1 rings (SSSR count). The molecule has 1 aliphatic heterocycles. The predicted molar refractivity (Wildman–Crippen MR) is 59.1 cm³/mol. The van der Waals surface area contributed by atoms with Crippen molar-refractivity contribution in [3.05, 3.63) is 0 Å². The smallest absolute Gasteiger partial charge is 0.329 e. The van der Waals surface area contributed by atoms with Gasteiger partial charge < -0.3 is 10.2 Å². The van der Waals surface area contributed by atoms with Crippen molar-refractivity contribution in [3.63, 3.8) is 0 Å². The molecule has 0 saturated carbocycles. The van der Waals surface area contributed by atoms with Crippen molar-refractivity contribution in [2.24, 2.45) is 11.3 Å². The fourth-order valence-corrected chi connectivity index (χ4v) is 1.46. The molecule has 0 atom stereocenters. The zero-order valence-electron chi connectivity index (χ0n) is 9.93. The fourth-order valence-electron chi connectivity index (χ4n) is 1.46. The molecule has 0 aliphatic carbocycles. The van der Waals surface area contributed by atoms with Crippen LogP contribution in [0.3, 0.4) is 0 Å². The van der Waals surface area contributed by atoms with Crippen molar-refractivity contribution in [2.45, 2.75) is 33.6 Å². The Bertz CT molecular complexity index is 205. The Morgan fingerprint density at radius 1 is 1.40 bits per heavy atom. The van der Waals surface area contributed by atoms with Gasteiger partial charge in [0.05, 0.1) is 5.41 Å². The van der Waals surface area contributed by atoms with Crippen molar-refractivity contribution in [3.8, 4) is 0 Å². The van der Waals surface area contributed by atoms with Crippen LogP contribution in [0.15, 0.2) is 0 Å². The fraction of sp³-hybridized carbons (Fsp3) is 0.909. The molecule has 0 radical (unpaired) electrons. The zero-order valence-corrected chi connectivity index (χ0v) is 9.93.